The summed E-state index contributed by atoms with van der Waals surface area (Å²) in [5.74, 6) is -1.32. The molecule has 6 heteroatoms. The quantitative estimate of drug-likeness (QED) is 0.260. The van der Waals surface area contributed by atoms with Crippen LogP contribution in [0, 0.1) is 17.2 Å². The second kappa shape index (κ2) is 12.0. The van der Waals surface area contributed by atoms with E-state index in [1.54, 1.807) is 34.5 Å². The third-order valence-electron chi connectivity index (χ3n) is 6.61. The van der Waals surface area contributed by atoms with E-state index in [9.17, 15) is 0 Å². The third-order valence-corrected chi connectivity index (χ3v) is 6.61. The minimum atomic E-state index is -0.858. The molecule has 0 aromatic carbocycles. The lowest BCUT2D eigenvalue weighted by Gasteiger charge is -2.45. The minimum absolute atomic E-state index is 0.186. The highest BCUT2D eigenvalue weighted by atomic mass is 16.7. The van der Waals surface area contributed by atoms with Gasteiger partial charge in [-0.2, -0.15) is 5.26 Å². The van der Waals surface area contributed by atoms with Gasteiger partial charge in [-0.3, -0.25) is 0 Å². The van der Waals surface area contributed by atoms with Crippen molar-refractivity contribution in [1.29, 1.82) is 5.26 Å². The van der Waals surface area contributed by atoms with E-state index in [-0.39, 0.29) is 5.92 Å². The van der Waals surface area contributed by atoms with Crippen molar-refractivity contribution in [3.63, 3.8) is 0 Å². The first kappa shape index (κ1) is 26.8. The average Bonchev–Trinajstić information content (AvgIpc) is 2.86. The molecule has 1 rings (SSSR count). The molecule has 0 aromatic heterocycles. The SMILES string of the molecule is COC(CC=C(C)C)(OC)C(C)CCCC1(C)OCC(=CC#N)CCC1(OC)OC. The zero-order valence-electron chi connectivity index (χ0n) is 20.2. The summed E-state index contributed by atoms with van der Waals surface area (Å²) >= 11 is 0. The van der Waals surface area contributed by atoms with Gasteiger partial charge in [0.15, 0.2) is 11.6 Å². The monoisotopic (exact) mass is 423 g/mol. The molecule has 0 saturated carbocycles. The summed E-state index contributed by atoms with van der Waals surface area (Å²) in [6.07, 6.45) is 8.33. The van der Waals surface area contributed by atoms with Crippen molar-refractivity contribution in [2.45, 2.75) is 83.4 Å². The summed E-state index contributed by atoms with van der Waals surface area (Å²) in [5, 5.41) is 9.02. The fourth-order valence-electron chi connectivity index (χ4n) is 4.38. The Morgan fingerprint density at radius 1 is 1.23 bits per heavy atom. The molecule has 1 aliphatic rings. The molecular formula is C24H41NO5. The van der Waals surface area contributed by atoms with Gasteiger partial charge in [-0.15, -0.1) is 0 Å². The van der Waals surface area contributed by atoms with E-state index in [1.165, 1.54) is 5.57 Å². The van der Waals surface area contributed by atoms with Crippen LogP contribution in [0.2, 0.25) is 0 Å². The van der Waals surface area contributed by atoms with Crippen molar-refractivity contribution in [2.24, 2.45) is 5.92 Å². The van der Waals surface area contributed by atoms with Gasteiger partial charge in [0.25, 0.3) is 0 Å². The average molecular weight is 424 g/mol. The largest absolute Gasteiger partial charge is 0.365 e. The molecule has 0 N–H and O–H groups in total. The van der Waals surface area contributed by atoms with Crippen molar-refractivity contribution < 1.29 is 23.7 Å². The first-order chi connectivity index (χ1) is 14.2. The van der Waals surface area contributed by atoms with Gasteiger partial charge >= 0.3 is 0 Å². The Balaban J connectivity index is 2.94. The lowest BCUT2D eigenvalue weighted by atomic mass is 9.83. The highest BCUT2D eigenvalue weighted by molar-refractivity contribution is 5.16. The summed E-state index contributed by atoms with van der Waals surface area (Å²) in [5.41, 5.74) is 1.57. The highest BCUT2D eigenvalue weighted by Gasteiger charge is 2.51. The van der Waals surface area contributed by atoms with Gasteiger partial charge in [-0.05, 0) is 52.0 Å². The standard InChI is InChI=1S/C24H41NO5/c1-19(2)11-15-23(26-5,27-6)20(3)10-9-14-22(4)24(28-7,29-8)16-12-21(13-17-25)18-30-22/h11,13,20H,9-10,12,14-16,18H2,1-8H3. The van der Waals surface area contributed by atoms with E-state index < -0.39 is 17.2 Å². The maximum absolute atomic E-state index is 9.02. The Morgan fingerprint density at radius 3 is 2.37 bits per heavy atom. The molecule has 6 nitrogen and oxygen atoms in total. The predicted molar refractivity (Wildman–Crippen MR) is 118 cm³/mol. The molecule has 0 aromatic rings. The molecule has 1 aliphatic heterocycles. The molecule has 172 valence electrons. The fraction of sp³-hybridized carbons (Fsp3) is 0.792. The second-order valence-corrected chi connectivity index (χ2v) is 8.61. The zero-order valence-corrected chi connectivity index (χ0v) is 20.2. The number of nitrogens with zero attached hydrogens (tertiary/aromatic N) is 1. The third kappa shape index (κ3) is 6.15. The maximum atomic E-state index is 9.02. The molecule has 0 radical (unpaired) electrons. The van der Waals surface area contributed by atoms with E-state index in [0.29, 0.717) is 25.9 Å². The second-order valence-electron chi connectivity index (χ2n) is 8.61. The molecule has 2 atom stereocenters. The van der Waals surface area contributed by atoms with Crippen LogP contribution in [0.5, 0.6) is 0 Å². The van der Waals surface area contributed by atoms with Crippen LogP contribution in [0.15, 0.2) is 23.3 Å². The van der Waals surface area contributed by atoms with E-state index in [0.717, 1.165) is 24.8 Å². The van der Waals surface area contributed by atoms with E-state index >= 15 is 0 Å². The van der Waals surface area contributed by atoms with Crippen molar-refractivity contribution in [2.75, 3.05) is 35.0 Å². The normalized spacial score (nSPS) is 24.2. The van der Waals surface area contributed by atoms with E-state index in [2.05, 4.69) is 32.9 Å². The van der Waals surface area contributed by atoms with Crippen LogP contribution in [0.4, 0.5) is 0 Å². The number of methoxy groups -OCH3 is 4. The van der Waals surface area contributed by atoms with Crippen LogP contribution < -0.4 is 0 Å². The van der Waals surface area contributed by atoms with Crippen LogP contribution >= 0.6 is 0 Å². The maximum Gasteiger partial charge on any atom is 0.197 e. The number of nitriles is 1. The molecule has 0 bridgehead atoms. The smallest absolute Gasteiger partial charge is 0.197 e. The molecule has 30 heavy (non-hydrogen) atoms. The van der Waals surface area contributed by atoms with Crippen molar-refractivity contribution in [3.05, 3.63) is 23.3 Å². The minimum Gasteiger partial charge on any atom is -0.365 e. The zero-order chi connectivity index (χ0) is 22.8. The Morgan fingerprint density at radius 2 is 1.87 bits per heavy atom. The highest BCUT2D eigenvalue weighted by Crippen LogP contribution is 2.42. The van der Waals surface area contributed by atoms with Gasteiger partial charge in [0.05, 0.1) is 12.7 Å². The number of ether oxygens (including phenoxy) is 5. The Kier molecular flexibility index (Phi) is 10.7. The summed E-state index contributed by atoms with van der Waals surface area (Å²) in [7, 11) is 6.73. The summed E-state index contributed by atoms with van der Waals surface area (Å²) in [6.45, 7) is 8.78. The summed E-state index contributed by atoms with van der Waals surface area (Å²) in [6, 6.07) is 2.11. The lowest BCUT2D eigenvalue weighted by molar-refractivity contribution is -0.307. The Labute approximate surface area is 183 Å². The van der Waals surface area contributed by atoms with E-state index in [1.807, 2.05) is 6.92 Å². The molecule has 0 spiro atoms. The van der Waals surface area contributed by atoms with Gasteiger partial charge in [0.2, 0.25) is 0 Å². The van der Waals surface area contributed by atoms with Crippen molar-refractivity contribution in [1.82, 2.24) is 0 Å². The van der Waals surface area contributed by atoms with Gasteiger partial charge < -0.3 is 23.7 Å². The van der Waals surface area contributed by atoms with Gasteiger partial charge in [0, 0.05) is 53.3 Å². The first-order valence-electron chi connectivity index (χ1n) is 10.7. The van der Waals surface area contributed by atoms with Gasteiger partial charge in [-0.25, -0.2) is 0 Å². The lowest BCUT2D eigenvalue weighted by Crippen LogP contribution is -2.56. The van der Waals surface area contributed by atoms with Gasteiger partial charge in [0.1, 0.15) is 5.60 Å². The van der Waals surface area contributed by atoms with E-state index in [4.69, 9.17) is 28.9 Å². The number of allylic oxidation sites excluding steroid dienone is 2. The van der Waals surface area contributed by atoms with Crippen molar-refractivity contribution >= 4 is 0 Å². The van der Waals surface area contributed by atoms with Crippen LogP contribution in [0.1, 0.15) is 66.2 Å². The molecule has 1 saturated heterocycles. The fourth-order valence-corrected chi connectivity index (χ4v) is 4.38. The summed E-state index contributed by atoms with van der Waals surface area (Å²) < 4.78 is 29.7. The van der Waals surface area contributed by atoms with Crippen LogP contribution in [-0.4, -0.2) is 52.2 Å². The Bertz CT molecular complexity index is 624. The molecular weight excluding hydrogens is 382 g/mol. The molecule has 2 unspecified atom stereocenters. The van der Waals surface area contributed by atoms with Crippen LogP contribution in [0.25, 0.3) is 0 Å². The number of hydrogen-bond acceptors (Lipinski definition) is 6. The number of rotatable bonds is 11. The molecule has 0 amide bonds. The van der Waals surface area contributed by atoms with Crippen LogP contribution in [0.3, 0.4) is 0 Å². The molecule has 1 fully saturated rings. The first-order valence-corrected chi connectivity index (χ1v) is 10.7. The van der Waals surface area contributed by atoms with Crippen LogP contribution in [-0.2, 0) is 23.7 Å². The topological polar surface area (TPSA) is 69.9 Å². The predicted octanol–water partition coefficient (Wildman–Crippen LogP) is 5.15. The molecule has 1 heterocycles. The number of hydrogen-bond donors (Lipinski definition) is 0. The molecule has 0 aliphatic carbocycles. The van der Waals surface area contributed by atoms with Crippen molar-refractivity contribution in [3.8, 4) is 6.07 Å². The summed E-state index contributed by atoms with van der Waals surface area (Å²) in [4.78, 5) is 0. The Hall–Kier alpha value is -1.23. The van der Waals surface area contributed by atoms with Gasteiger partial charge in [-0.1, -0.05) is 18.6 Å².